The predicted octanol–water partition coefficient (Wildman–Crippen LogP) is 11.3. The van der Waals surface area contributed by atoms with Gasteiger partial charge in [0.2, 0.25) is 17.5 Å². The number of benzene rings is 1. The van der Waals surface area contributed by atoms with Gasteiger partial charge in [-0.15, -0.1) is 26.3 Å². The number of aliphatic hydroxyl groups is 1. The van der Waals surface area contributed by atoms with Crippen molar-refractivity contribution in [1.29, 1.82) is 0 Å². The van der Waals surface area contributed by atoms with Crippen LogP contribution in [0.3, 0.4) is 0 Å². The Morgan fingerprint density at radius 1 is 0.957 bits per heavy atom. The number of aromatic nitrogens is 1. The molecule has 19 heteroatoms. The third kappa shape index (κ3) is 11.8. The number of halogens is 3. The van der Waals surface area contributed by atoms with Gasteiger partial charge < -0.3 is 38.3 Å². The molecular formula is C51H73F3N4O11Si. The van der Waals surface area contributed by atoms with Gasteiger partial charge in [-0.3, -0.25) is 24.2 Å². The zero-order chi connectivity index (χ0) is 52.1. The van der Waals surface area contributed by atoms with Gasteiger partial charge in [-0.25, -0.2) is 4.79 Å². The number of nitrogens with zero attached hydrogens (tertiary/aromatic N) is 3. The molecule has 5 rings (SSSR count). The number of aliphatic hydroxyl groups excluding tert-OH is 1. The van der Waals surface area contributed by atoms with E-state index in [0.29, 0.717) is 32.1 Å². The lowest BCUT2D eigenvalue weighted by atomic mass is 9.57. The first kappa shape index (κ1) is 55.8. The Hall–Kier alpha value is -5.14. The molecule has 1 fully saturated rings. The molecule has 0 unspecified atom stereocenters. The van der Waals surface area contributed by atoms with Crippen LogP contribution < -0.4 is 19.5 Å². The standard InChI is InChI=1S/C51H73F3N4O11Si/c1-14-19-24-58(47(63)67-48(6,7)8)30-36(59)55-34-29-35(66-51(52,53)54)32-27-31-28-33-40(57(22-17-4)23-18-5)43-39(46(56-68-43)65-26-21-16-3)45(62)50(33,69-70(12,13)49(9,10)11)44(61)37(31)41(60)38(32)42(34)64-25-20-15-2/h17-18,29,31,33,40,60H,4-5,14-16,19-28,30H2,1-3,6-13H3,(H,55,59)/t31-,33-,40-,50-/m0/s1. The Morgan fingerprint density at radius 3 is 2.13 bits per heavy atom. The molecule has 1 heterocycles. The molecule has 388 valence electrons. The number of amides is 2. The number of carbonyl (C=O) groups is 4. The minimum Gasteiger partial charge on any atom is -0.507 e. The van der Waals surface area contributed by atoms with Crippen LogP contribution in [0, 0.1) is 11.8 Å². The normalized spacial score (nSPS) is 20.2. The van der Waals surface area contributed by atoms with E-state index in [9.17, 15) is 27.9 Å². The fourth-order valence-electron chi connectivity index (χ4n) is 9.07. The number of alkyl halides is 3. The maximum absolute atomic E-state index is 16.2. The number of ketones is 2. The summed E-state index contributed by atoms with van der Waals surface area (Å²) < 4.78 is 79.5. The predicted molar refractivity (Wildman–Crippen MR) is 262 cm³/mol. The summed E-state index contributed by atoms with van der Waals surface area (Å²) in [6.07, 6.45) is 0.615. The minimum atomic E-state index is -5.25. The summed E-state index contributed by atoms with van der Waals surface area (Å²) in [5.41, 5.74) is -4.34. The third-order valence-corrected chi connectivity index (χ3v) is 17.8. The van der Waals surface area contributed by atoms with Crippen molar-refractivity contribution in [3.63, 3.8) is 0 Å². The Balaban J connectivity index is 1.82. The Kier molecular flexibility index (Phi) is 17.6. The average Bonchev–Trinajstić information content (AvgIpc) is 3.66. The van der Waals surface area contributed by atoms with E-state index in [4.69, 9.17) is 27.9 Å². The van der Waals surface area contributed by atoms with E-state index >= 15 is 9.59 Å². The minimum absolute atomic E-state index is 0.00795. The maximum atomic E-state index is 16.2. The van der Waals surface area contributed by atoms with Crippen molar-refractivity contribution in [3.8, 4) is 17.4 Å². The number of Topliss-reactive ketones (excluding diaryl/α,β-unsaturated/α-hetero) is 2. The van der Waals surface area contributed by atoms with Crippen molar-refractivity contribution in [2.45, 2.75) is 155 Å². The molecule has 1 aromatic heterocycles. The summed E-state index contributed by atoms with van der Waals surface area (Å²) in [7, 11) is -3.18. The van der Waals surface area contributed by atoms with E-state index in [-0.39, 0.29) is 91.0 Å². The topological polar surface area (TPSA) is 179 Å². The highest BCUT2D eigenvalue weighted by molar-refractivity contribution is 6.74. The van der Waals surface area contributed by atoms with Crippen molar-refractivity contribution >= 4 is 43.3 Å². The highest BCUT2D eigenvalue weighted by atomic mass is 28.4. The second-order valence-electron chi connectivity index (χ2n) is 20.8. The number of carbonyl (C=O) groups excluding carboxylic acids is 4. The molecular weight excluding hydrogens is 930 g/mol. The summed E-state index contributed by atoms with van der Waals surface area (Å²) in [5.74, 6) is -6.25. The van der Waals surface area contributed by atoms with Gasteiger partial charge >= 0.3 is 12.5 Å². The molecule has 1 saturated carbocycles. The number of fused-ring (bicyclic) bond motifs is 4. The SMILES string of the molecule is C=CCN(CC=C)[C@@H]1c2onc(OCCCC)c2C(=O)[C@@]2(O[Si](C)(C)C(C)(C)C)C(=O)C3=C(O)c4c(c(OC(F)(F)F)cc(NC(=O)CN(CCCC)C(=O)OC(C)(C)C)c4OCCCC)C[C@H]3C[C@@H]12. The molecule has 2 aromatic rings. The monoisotopic (exact) mass is 1000 g/mol. The van der Waals surface area contributed by atoms with Crippen LogP contribution in [-0.4, -0.2) is 109 Å². The molecule has 4 atom stereocenters. The van der Waals surface area contributed by atoms with Gasteiger partial charge in [-0.1, -0.05) is 73.0 Å². The van der Waals surface area contributed by atoms with Crippen molar-refractivity contribution in [1.82, 2.24) is 15.0 Å². The summed E-state index contributed by atoms with van der Waals surface area (Å²) in [6.45, 7) is 28.6. The third-order valence-electron chi connectivity index (χ3n) is 13.3. The van der Waals surface area contributed by atoms with Crippen molar-refractivity contribution in [3.05, 3.63) is 59.4 Å². The van der Waals surface area contributed by atoms with Crippen LogP contribution in [0.15, 0.2) is 41.5 Å². The molecule has 3 aliphatic rings. The lowest BCUT2D eigenvalue weighted by Gasteiger charge is -2.55. The van der Waals surface area contributed by atoms with Crippen LogP contribution in [0.2, 0.25) is 18.1 Å². The fourth-order valence-corrected chi connectivity index (χ4v) is 10.5. The molecule has 0 radical (unpaired) electrons. The summed E-state index contributed by atoms with van der Waals surface area (Å²) in [5, 5.41) is 19.1. The van der Waals surface area contributed by atoms with Crippen molar-refractivity contribution < 1.29 is 65.4 Å². The number of anilines is 1. The van der Waals surface area contributed by atoms with E-state index in [0.717, 1.165) is 12.5 Å². The molecule has 1 aromatic carbocycles. The first-order chi connectivity index (χ1) is 32.7. The van der Waals surface area contributed by atoms with Crippen LogP contribution in [-0.2, 0) is 25.2 Å². The van der Waals surface area contributed by atoms with Crippen molar-refractivity contribution in [2.24, 2.45) is 11.8 Å². The van der Waals surface area contributed by atoms with Crippen LogP contribution >= 0.6 is 0 Å². The molecule has 0 bridgehead atoms. The van der Waals surface area contributed by atoms with E-state index in [1.807, 2.05) is 59.5 Å². The van der Waals surface area contributed by atoms with E-state index < -0.39 is 90.4 Å². The summed E-state index contributed by atoms with van der Waals surface area (Å²) in [6, 6.07) is 0.0693. The Bertz CT molecular complexity index is 2300. The van der Waals surface area contributed by atoms with Crippen molar-refractivity contribution in [2.75, 3.05) is 44.7 Å². The maximum Gasteiger partial charge on any atom is 0.573 e. The molecule has 3 aliphatic carbocycles. The second-order valence-corrected chi connectivity index (χ2v) is 25.6. The van der Waals surface area contributed by atoms with Crippen LogP contribution in [0.25, 0.3) is 5.76 Å². The van der Waals surface area contributed by atoms with Crippen LogP contribution in [0.1, 0.15) is 141 Å². The number of ether oxygens (including phenoxy) is 4. The van der Waals surface area contributed by atoms with E-state index in [1.54, 1.807) is 32.9 Å². The molecule has 0 saturated heterocycles. The van der Waals surface area contributed by atoms with Gasteiger partial charge in [-0.05, 0) is 82.1 Å². The Labute approximate surface area is 411 Å². The van der Waals surface area contributed by atoms with Crippen LogP contribution in [0.4, 0.5) is 23.7 Å². The van der Waals surface area contributed by atoms with Crippen LogP contribution in [0.5, 0.6) is 17.4 Å². The highest BCUT2D eigenvalue weighted by Crippen LogP contribution is 2.60. The number of hydrogen-bond acceptors (Lipinski definition) is 13. The zero-order valence-corrected chi connectivity index (χ0v) is 43.8. The number of rotatable bonds is 22. The summed E-state index contributed by atoms with van der Waals surface area (Å²) >= 11 is 0. The van der Waals surface area contributed by atoms with Gasteiger partial charge in [0.25, 0.3) is 5.88 Å². The quantitative estimate of drug-likeness (QED) is 0.0493. The molecule has 0 aliphatic heterocycles. The summed E-state index contributed by atoms with van der Waals surface area (Å²) in [4.78, 5) is 62.4. The largest absolute Gasteiger partial charge is 0.573 e. The first-order valence-electron chi connectivity index (χ1n) is 24.4. The first-order valence-corrected chi connectivity index (χ1v) is 27.3. The molecule has 2 N–H and O–H groups in total. The average molecular weight is 1000 g/mol. The van der Waals surface area contributed by atoms with E-state index in [2.05, 4.69) is 23.6 Å². The smallest absolute Gasteiger partial charge is 0.507 e. The highest BCUT2D eigenvalue weighted by Gasteiger charge is 2.69. The number of nitrogens with one attached hydrogen (secondary N) is 1. The van der Waals surface area contributed by atoms with E-state index in [1.165, 1.54) is 4.90 Å². The number of unbranched alkanes of at least 4 members (excludes halogenated alkanes) is 3. The lowest BCUT2D eigenvalue weighted by Crippen LogP contribution is -2.68. The molecule has 2 amide bonds. The molecule has 0 spiro atoms. The van der Waals surface area contributed by atoms with Gasteiger partial charge in [-0.2, -0.15) is 0 Å². The molecule has 15 nitrogen and oxygen atoms in total. The van der Waals surface area contributed by atoms with Gasteiger partial charge in [0, 0.05) is 42.8 Å². The Morgan fingerprint density at radius 2 is 1.57 bits per heavy atom. The van der Waals surface area contributed by atoms with Gasteiger partial charge in [0.15, 0.2) is 25.4 Å². The fraction of sp³-hybridized carbons (Fsp3) is 0.627. The second kappa shape index (κ2) is 22.1. The lowest BCUT2D eigenvalue weighted by molar-refractivity contribution is -0.275. The number of hydrogen-bond donors (Lipinski definition) is 2. The van der Waals surface area contributed by atoms with Gasteiger partial charge in [0.05, 0.1) is 30.5 Å². The van der Waals surface area contributed by atoms with Gasteiger partial charge in [0.1, 0.15) is 29.2 Å². The zero-order valence-electron chi connectivity index (χ0n) is 42.8. The molecule has 70 heavy (non-hydrogen) atoms.